The van der Waals surface area contributed by atoms with E-state index in [4.69, 9.17) is 10.5 Å². The number of rotatable bonds is 6. The molecule has 1 fully saturated rings. The zero-order chi connectivity index (χ0) is 21.1. The summed E-state index contributed by atoms with van der Waals surface area (Å²) in [6.07, 6.45) is -0.310. The molecule has 0 spiro atoms. The van der Waals surface area contributed by atoms with Crippen LogP contribution < -0.4 is 11.1 Å². The number of piperazine rings is 1. The van der Waals surface area contributed by atoms with Gasteiger partial charge in [0.1, 0.15) is 11.9 Å². The van der Waals surface area contributed by atoms with Crippen molar-refractivity contribution in [3.05, 3.63) is 35.1 Å². The van der Waals surface area contributed by atoms with Gasteiger partial charge in [0, 0.05) is 31.6 Å². The van der Waals surface area contributed by atoms with Crippen molar-refractivity contribution < 1.29 is 27.5 Å². The number of halogens is 3. The summed E-state index contributed by atoms with van der Waals surface area (Å²) in [5, 5.41) is 2.69. The van der Waals surface area contributed by atoms with Crippen LogP contribution in [0.25, 0.3) is 0 Å². The third-order valence-corrected chi connectivity index (χ3v) is 4.33. The third kappa shape index (κ3) is 5.93. The fourth-order valence-corrected chi connectivity index (χ4v) is 2.92. The molecule has 2 amide bonds. The van der Waals surface area contributed by atoms with Crippen molar-refractivity contribution in [2.75, 3.05) is 19.7 Å². The maximum Gasteiger partial charge on any atom is 0.245 e. The van der Waals surface area contributed by atoms with Crippen LogP contribution in [0.5, 0.6) is 0 Å². The van der Waals surface area contributed by atoms with E-state index >= 15 is 0 Å². The van der Waals surface area contributed by atoms with Gasteiger partial charge in [0.25, 0.3) is 0 Å². The van der Waals surface area contributed by atoms with Crippen molar-refractivity contribution >= 4 is 11.8 Å². The first-order valence-corrected chi connectivity index (χ1v) is 9.08. The predicted molar refractivity (Wildman–Crippen MR) is 96.8 cm³/mol. The van der Waals surface area contributed by atoms with Crippen molar-refractivity contribution in [1.29, 1.82) is 0 Å². The van der Waals surface area contributed by atoms with E-state index in [9.17, 15) is 22.8 Å². The normalized spacial score (nSPS) is 18.8. The number of carbonyl (C=O) groups is 2. The highest BCUT2D eigenvalue weighted by Gasteiger charge is 2.34. The summed E-state index contributed by atoms with van der Waals surface area (Å²) in [6, 6.07) is -0.411. The van der Waals surface area contributed by atoms with Gasteiger partial charge in [-0.15, -0.1) is 0 Å². The van der Waals surface area contributed by atoms with E-state index in [0.717, 1.165) is 6.07 Å². The molecule has 1 aromatic carbocycles. The lowest BCUT2D eigenvalue weighted by molar-refractivity contribution is -0.148. The Morgan fingerprint density at radius 2 is 1.93 bits per heavy atom. The van der Waals surface area contributed by atoms with Crippen LogP contribution >= 0.6 is 0 Å². The van der Waals surface area contributed by atoms with Gasteiger partial charge in [-0.1, -0.05) is 0 Å². The molecular formula is C19H26F3N3O3. The third-order valence-electron chi connectivity index (χ3n) is 4.33. The molecule has 156 valence electrons. The van der Waals surface area contributed by atoms with Crippen LogP contribution in [0.4, 0.5) is 13.2 Å². The van der Waals surface area contributed by atoms with Gasteiger partial charge in [0.05, 0.1) is 12.2 Å². The molecule has 6 nitrogen and oxygen atoms in total. The number of nitrogens with two attached hydrogens (primary N) is 1. The molecule has 0 bridgehead atoms. The molecule has 9 heteroatoms. The monoisotopic (exact) mass is 401 g/mol. The summed E-state index contributed by atoms with van der Waals surface area (Å²) in [6.45, 7) is 6.16. The first kappa shape index (κ1) is 22.2. The quantitative estimate of drug-likeness (QED) is 0.708. The van der Waals surface area contributed by atoms with Crippen LogP contribution in [0.3, 0.4) is 0 Å². The van der Waals surface area contributed by atoms with Gasteiger partial charge < -0.3 is 20.7 Å². The van der Waals surface area contributed by atoms with Gasteiger partial charge in [-0.25, -0.2) is 13.2 Å². The molecule has 28 heavy (non-hydrogen) atoms. The van der Waals surface area contributed by atoms with Crippen molar-refractivity contribution in [2.24, 2.45) is 5.73 Å². The van der Waals surface area contributed by atoms with Crippen LogP contribution in [-0.4, -0.2) is 54.1 Å². The maximum atomic E-state index is 13.8. The predicted octanol–water partition coefficient (Wildman–Crippen LogP) is 1.51. The number of amides is 2. The molecule has 1 unspecified atom stereocenters. The van der Waals surface area contributed by atoms with Crippen LogP contribution in [0.2, 0.25) is 0 Å². The summed E-state index contributed by atoms with van der Waals surface area (Å²) >= 11 is 0. The SMILES string of the molecule is CC(C)(C)OC[C@@H]1C(=O)NCCN1C(=O)CC(N)Cc1cc(F)c(F)cc1F. The zero-order valence-electron chi connectivity index (χ0n) is 16.2. The molecule has 1 aliphatic heterocycles. The Labute approximate surface area is 162 Å². The second kappa shape index (κ2) is 8.91. The van der Waals surface area contributed by atoms with E-state index < -0.39 is 35.1 Å². The van der Waals surface area contributed by atoms with Crippen LogP contribution in [0.15, 0.2) is 12.1 Å². The molecule has 2 rings (SSSR count). The Balaban J connectivity index is 2.02. The van der Waals surface area contributed by atoms with Gasteiger partial charge in [-0.05, 0) is 38.8 Å². The zero-order valence-corrected chi connectivity index (χ0v) is 16.2. The summed E-state index contributed by atoms with van der Waals surface area (Å²) < 4.78 is 45.8. The number of hydrogen-bond donors (Lipinski definition) is 2. The van der Waals surface area contributed by atoms with Gasteiger partial charge in [0.2, 0.25) is 11.8 Å². The number of nitrogens with zero attached hydrogens (tertiary/aromatic N) is 1. The number of benzene rings is 1. The molecule has 1 saturated heterocycles. The Hall–Kier alpha value is -2.13. The largest absolute Gasteiger partial charge is 0.373 e. The molecule has 3 N–H and O–H groups in total. The Kier molecular flexibility index (Phi) is 7.06. The molecular weight excluding hydrogens is 375 g/mol. The van der Waals surface area contributed by atoms with Gasteiger partial charge in [-0.3, -0.25) is 9.59 Å². The highest BCUT2D eigenvalue weighted by molar-refractivity contribution is 5.89. The number of nitrogens with one attached hydrogen (secondary N) is 1. The lowest BCUT2D eigenvalue weighted by atomic mass is 10.0. The minimum atomic E-state index is -1.29. The summed E-state index contributed by atoms with van der Waals surface area (Å²) in [7, 11) is 0. The van der Waals surface area contributed by atoms with Crippen molar-refractivity contribution in [3.8, 4) is 0 Å². The molecule has 0 radical (unpaired) electrons. The minimum absolute atomic E-state index is 0.0358. The number of carbonyl (C=O) groups excluding carboxylic acids is 2. The van der Waals surface area contributed by atoms with E-state index in [0.29, 0.717) is 19.2 Å². The Morgan fingerprint density at radius 3 is 2.57 bits per heavy atom. The molecule has 1 aliphatic rings. The fraction of sp³-hybridized carbons (Fsp3) is 0.579. The highest BCUT2D eigenvalue weighted by atomic mass is 19.2. The van der Waals surface area contributed by atoms with Crippen molar-refractivity contribution in [1.82, 2.24) is 10.2 Å². The topological polar surface area (TPSA) is 84.7 Å². The molecule has 0 aliphatic carbocycles. The molecule has 1 heterocycles. The maximum absolute atomic E-state index is 13.8. The van der Waals surface area contributed by atoms with E-state index in [1.165, 1.54) is 4.90 Å². The van der Waals surface area contributed by atoms with Gasteiger partial charge in [0.15, 0.2) is 11.6 Å². The smallest absolute Gasteiger partial charge is 0.245 e. The van der Waals surface area contributed by atoms with Crippen molar-refractivity contribution in [3.63, 3.8) is 0 Å². The fourth-order valence-electron chi connectivity index (χ4n) is 2.92. The minimum Gasteiger partial charge on any atom is -0.373 e. The van der Waals surface area contributed by atoms with Crippen LogP contribution in [0, 0.1) is 17.5 Å². The van der Waals surface area contributed by atoms with E-state index in [2.05, 4.69) is 5.32 Å². The molecule has 0 aromatic heterocycles. The lowest BCUT2D eigenvalue weighted by Gasteiger charge is -2.36. The molecule has 0 saturated carbocycles. The Morgan fingerprint density at radius 1 is 1.29 bits per heavy atom. The highest BCUT2D eigenvalue weighted by Crippen LogP contribution is 2.17. The first-order chi connectivity index (χ1) is 13.0. The summed E-state index contributed by atoms with van der Waals surface area (Å²) in [5.41, 5.74) is 5.34. The van der Waals surface area contributed by atoms with Gasteiger partial charge in [-0.2, -0.15) is 0 Å². The number of hydrogen-bond acceptors (Lipinski definition) is 4. The molecule has 2 atom stereocenters. The number of ether oxygens (including phenoxy) is 1. The van der Waals surface area contributed by atoms with E-state index in [1.807, 2.05) is 20.8 Å². The average molecular weight is 401 g/mol. The Bertz CT molecular complexity index is 737. The summed E-state index contributed by atoms with van der Waals surface area (Å²) in [4.78, 5) is 26.2. The lowest BCUT2D eigenvalue weighted by Crippen LogP contribution is -2.60. The van der Waals surface area contributed by atoms with E-state index in [1.54, 1.807) is 0 Å². The summed E-state index contributed by atoms with van der Waals surface area (Å²) in [5.74, 6) is -4.08. The van der Waals surface area contributed by atoms with E-state index in [-0.39, 0.29) is 36.8 Å². The van der Waals surface area contributed by atoms with Crippen molar-refractivity contribution in [2.45, 2.75) is 51.3 Å². The van der Waals surface area contributed by atoms with Gasteiger partial charge >= 0.3 is 0 Å². The second-order valence-electron chi connectivity index (χ2n) is 7.84. The van der Waals surface area contributed by atoms with Crippen LogP contribution in [-0.2, 0) is 20.7 Å². The average Bonchev–Trinajstić information content (AvgIpc) is 2.57. The first-order valence-electron chi connectivity index (χ1n) is 9.08. The molecule has 1 aromatic rings. The van der Waals surface area contributed by atoms with Crippen LogP contribution in [0.1, 0.15) is 32.8 Å². The standard InChI is InChI=1S/C19H26F3N3O3/c1-19(2,3)28-10-16-18(27)24-4-5-25(16)17(26)8-12(23)6-11-7-14(21)15(22)9-13(11)20/h7,9,12,16H,4-6,8,10,23H2,1-3H3,(H,24,27)/t12?,16-/m1/s1. The second-order valence-corrected chi connectivity index (χ2v) is 7.84.